The molecule has 0 aliphatic heterocycles. The molecule has 0 heterocycles. The maximum atomic E-state index is 6.20. The summed E-state index contributed by atoms with van der Waals surface area (Å²) in [6.45, 7) is 2.26. The molecule has 0 aliphatic rings. The van der Waals surface area contributed by atoms with Gasteiger partial charge in [-0.05, 0) is 46.7 Å². The Kier molecular flexibility index (Phi) is 7.86. The van der Waals surface area contributed by atoms with Gasteiger partial charge < -0.3 is 5.73 Å². The van der Waals surface area contributed by atoms with Gasteiger partial charge in [-0.3, -0.25) is 0 Å². The van der Waals surface area contributed by atoms with Gasteiger partial charge >= 0.3 is 0 Å². The summed E-state index contributed by atoms with van der Waals surface area (Å²) in [7, 11) is 0. The third kappa shape index (κ3) is 6.41. The molecule has 0 aliphatic carbocycles. The summed E-state index contributed by atoms with van der Waals surface area (Å²) in [6, 6.07) is 8.77. The lowest BCUT2D eigenvalue weighted by Gasteiger charge is -2.12. The molecule has 96 valence electrons. The fraction of sp³-hybridized carbons (Fsp3) is 0.600. The van der Waals surface area contributed by atoms with Crippen LogP contribution in [-0.4, -0.2) is 0 Å². The SMILES string of the molecule is CCCCCCCCC(N)c1cccc(I)c1. The number of hydrogen-bond acceptors (Lipinski definition) is 1. The molecule has 0 bridgehead atoms. The van der Waals surface area contributed by atoms with E-state index in [1.807, 2.05) is 0 Å². The van der Waals surface area contributed by atoms with Crippen molar-refractivity contribution >= 4 is 22.6 Å². The van der Waals surface area contributed by atoms with E-state index in [0.717, 1.165) is 6.42 Å². The molecule has 1 nitrogen and oxygen atoms in total. The van der Waals surface area contributed by atoms with Gasteiger partial charge in [0, 0.05) is 9.61 Å². The number of benzene rings is 1. The van der Waals surface area contributed by atoms with Gasteiger partial charge in [-0.1, -0.05) is 57.6 Å². The topological polar surface area (TPSA) is 26.0 Å². The summed E-state index contributed by atoms with van der Waals surface area (Å²) < 4.78 is 1.28. The zero-order valence-electron chi connectivity index (χ0n) is 10.8. The second-order valence-corrected chi connectivity index (χ2v) is 5.96. The van der Waals surface area contributed by atoms with E-state index in [-0.39, 0.29) is 6.04 Å². The first kappa shape index (κ1) is 15.0. The molecule has 0 amide bonds. The zero-order valence-corrected chi connectivity index (χ0v) is 12.9. The van der Waals surface area contributed by atoms with Crippen LogP contribution in [0, 0.1) is 3.57 Å². The summed E-state index contributed by atoms with van der Waals surface area (Å²) in [6.07, 6.45) is 9.16. The van der Waals surface area contributed by atoms with Crippen molar-refractivity contribution in [3.63, 3.8) is 0 Å². The predicted octanol–water partition coefficient (Wildman–Crippen LogP) is 5.04. The first-order valence-electron chi connectivity index (χ1n) is 6.75. The molecule has 17 heavy (non-hydrogen) atoms. The summed E-state index contributed by atoms with van der Waals surface area (Å²) >= 11 is 2.34. The Labute approximate surface area is 119 Å². The van der Waals surface area contributed by atoms with Gasteiger partial charge in [0.2, 0.25) is 0 Å². The van der Waals surface area contributed by atoms with Crippen LogP contribution in [0.5, 0.6) is 0 Å². The first-order chi connectivity index (χ1) is 8.24. The van der Waals surface area contributed by atoms with Crippen molar-refractivity contribution in [2.24, 2.45) is 5.73 Å². The van der Waals surface area contributed by atoms with Gasteiger partial charge in [0.1, 0.15) is 0 Å². The Hall–Kier alpha value is -0.0900. The smallest absolute Gasteiger partial charge is 0.0295 e. The lowest BCUT2D eigenvalue weighted by molar-refractivity contribution is 0.547. The molecule has 0 saturated carbocycles. The van der Waals surface area contributed by atoms with Crippen molar-refractivity contribution in [2.45, 2.75) is 57.9 Å². The molecule has 0 spiro atoms. The highest BCUT2D eigenvalue weighted by Crippen LogP contribution is 2.19. The van der Waals surface area contributed by atoms with E-state index in [9.17, 15) is 0 Å². The maximum absolute atomic E-state index is 6.20. The van der Waals surface area contributed by atoms with Crippen LogP contribution in [0.2, 0.25) is 0 Å². The molecule has 1 aromatic rings. The van der Waals surface area contributed by atoms with E-state index < -0.39 is 0 Å². The van der Waals surface area contributed by atoms with Gasteiger partial charge in [-0.15, -0.1) is 0 Å². The van der Waals surface area contributed by atoms with E-state index >= 15 is 0 Å². The lowest BCUT2D eigenvalue weighted by atomic mass is 10.0. The molecule has 1 rings (SSSR count). The summed E-state index contributed by atoms with van der Waals surface area (Å²) in [5.41, 5.74) is 7.48. The Morgan fingerprint density at radius 2 is 1.82 bits per heavy atom. The fourth-order valence-electron chi connectivity index (χ4n) is 2.05. The summed E-state index contributed by atoms with van der Waals surface area (Å²) in [5.74, 6) is 0. The van der Waals surface area contributed by atoms with Crippen LogP contribution in [0.1, 0.15) is 63.5 Å². The molecule has 2 N–H and O–H groups in total. The third-order valence-electron chi connectivity index (χ3n) is 3.15. The van der Waals surface area contributed by atoms with Gasteiger partial charge in [-0.2, -0.15) is 0 Å². The fourth-order valence-corrected chi connectivity index (χ4v) is 2.62. The zero-order chi connectivity index (χ0) is 12.5. The molecule has 0 fully saturated rings. The predicted molar refractivity (Wildman–Crippen MR) is 84.1 cm³/mol. The number of halogens is 1. The van der Waals surface area contributed by atoms with Crippen LogP contribution in [0.3, 0.4) is 0 Å². The molecule has 0 saturated heterocycles. The number of nitrogens with two attached hydrogens (primary N) is 1. The molecular formula is C15H24IN. The molecular weight excluding hydrogens is 321 g/mol. The average Bonchev–Trinajstić information content (AvgIpc) is 2.33. The minimum Gasteiger partial charge on any atom is -0.324 e. The van der Waals surface area contributed by atoms with Gasteiger partial charge in [0.25, 0.3) is 0 Å². The number of rotatable bonds is 8. The molecule has 1 atom stereocenters. The van der Waals surface area contributed by atoms with Crippen molar-refractivity contribution in [1.29, 1.82) is 0 Å². The van der Waals surface area contributed by atoms with Crippen LogP contribution in [-0.2, 0) is 0 Å². The van der Waals surface area contributed by atoms with Crippen LogP contribution in [0.25, 0.3) is 0 Å². The average molecular weight is 345 g/mol. The molecule has 1 unspecified atom stereocenters. The molecule has 1 aromatic carbocycles. The third-order valence-corrected chi connectivity index (χ3v) is 3.82. The normalized spacial score (nSPS) is 12.6. The number of unbranched alkanes of at least 4 members (excludes halogenated alkanes) is 5. The highest BCUT2D eigenvalue weighted by Gasteiger charge is 2.05. The van der Waals surface area contributed by atoms with Crippen LogP contribution in [0.15, 0.2) is 24.3 Å². The minimum absolute atomic E-state index is 0.218. The first-order valence-corrected chi connectivity index (χ1v) is 7.83. The second kappa shape index (κ2) is 8.92. The maximum Gasteiger partial charge on any atom is 0.0295 e. The van der Waals surface area contributed by atoms with Crippen molar-refractivity contribution in [2.75, 3.05) is 0 Å². The summed E-state index contributed by atoms with van der Waals surface area (Å²) in [5, 5.41) is 0. The molecule has 0 aromatic heterocycles. The van der Waals surface area contributed by atoms with E-state index in [1.165, 1.54) is 47.7 Å². The van der Waals surface area contributed by atoms with Gasteiger partial charge in [-0.25, -0.2) is 0 Å². The highest BCUT2D eigenvalue weighted by atomic mass is 127. The van der Waals surface area contributed by atoms with Crippen LogP contribution < -0.4 is 5.73 Å². The standard InChI is InChI=1S/C15H24IN/c1-2-3-4-5-6-7-11-15(17)13-9-8-10-14(16)12-13/h8-10,12,15H,2-7,11,17H2,1H3. The Balaban J connectivity index is 2.19. The van der Waals surface area contributed by atoms with Crippen LogP contribution >= 0.6 is 22.6 Å². The highest BCUT2D eigenvalue weighted by molar-refractivity contribution is 14.1. The van der Waals surface area contributed by atoms with Gasteiger partial charge in [0.15, 0.2) is 0 Å². The minimum atomic E-state index is 0.218. The van der Waals surface area contributed by atoms with Crippen LogP contribution in [0.4, 0.5) is 0 Å². The van der Waals surface area contributed by atoms with Crippen molar-refractivity contribution in [3.05, 3.63) is 33.4 Å². The Morgan fingerprint density at radius 3 is 2.53 bits per heavy atom. The summed E-state index contributed by atoms with van der Waals surface area (Å²) in [4.78, 5) is 0. The quantitative estimate of drug-likeness (QED) is 0.518. The van der Waals surface area contributed by atoms with E-state index in [1.54, 1.807) is 0 Å². The van der Waals surface area contributed by atoms with Crippen molar-refractivity contribution < 1.29 is 0 Å². The Bertz CT molecular complexity index is 312. The van der Waals surface area contributed by atoms with E-state index in [2.05, 4.69) is 53.8 Å². The molecule has 2 heteroatoms. The number of hydrogen-bond donors (Lipinski definition) is 1. The van der Waals surface area contributed by atoms with E-state index in [4.69, 9.17) is 5.73 Å². The van der Waals surface area contributed by atoms with Gasteiger partial charge in [0.05, 0.1) is 0 Å². The lowest BCUT2D eigenvalue weighted by Crippen LogP contribution is -2.10. The monoisotopic (exact) mass is 345 g/mol. The van der Waals surface area contributed by atoms with Crippen molar-refractivity contribution in [1.82, 2.24) is 0 Å². The largest absolute Gasteiger partial charge is 0.324 e. The Morgan fingerprint density at radius 1 is 1.12 bits per heavy atom. The second-order valence-electron chi connectivity index (χ2n) is 4.72. The van der Waals surface area contributed by atoms with Crippen molar-refractivity contribution in [3.8, 4) is 0 Å². The molecule has 0 radical (unpaired) electrons. The van der Waals surface area contributed by atoms with E-state index in [0.29, 0.717) is 0 Å².